The van der Waals surface area contributed by atoms with Crippen LogP contribution in [0.4, 0.5) is 0 Å². The molecule has 0 aromatic carbocycles. The van der Waals surface area contributed by atoms with E-state index in [0.29, 0.717) is 32.4 Å². The summed E-state index contributed by atoms with van der Waals surface area (Å²) >= 11 is 0. The first-order chi connectivity index (χ1) is 6.99. The molecule has 84 valence electrons. The van der Waals surface area contributed by atoms with Gasteiger partial charge in [-0.3, -0.25) is 9.59 Å². The summed E-state index contributed by atoms with van der Waals surface area (Å²) in [6, 6.07) is 0. The maximum atomic E-state index is 11.6. The first kappa shape index (κ1) is 11.8. The van der Waals surface area contributed by atoms with E-state index in [1.54, 1.807) is 17.9 Å². The van der Waals surface area contributed by atoms with Crippen molar-refractivity contribution in [2.75, 3.05) is 13.1 Å². The topological polar surface area (TPSA) is 57.6 Å². The third kappa shape index (κ3) is 2.58. The second kappa shape index (κ2) is 4.47. The quantitative estimate of drug-likeness (QED) is 0.712. The Morgan fingerprint density at radius 3 is 2.73 bits per heavy atom. The highest BCUT2D eigenvalue weighted by molar-refractivity contribution is 5.80. The Labute approximate surface area is 89.6 Å². The standard InChI is InChI=1S/C11H17NO3/c1-3-4-5-9(13)12-7-6-11(2,8-12)10(14)15/h3H,1,4-8H2,2H3,(H,14,15). The van der Waals surface area contributed by atoms with Crippen LogP contribution in [0.15, 0.2) is 12.7 Å². The molecule has 0 saturated carbocycles. The van der Waals surface area contributed by atoms with E-state index in [1.165, 1.54) is 0 Å². The number of hydrogen-bond donors (Lipinski definition) is 1. The fraction of sp³-hybridized carbons (Fsp3) is 0.636. The lowest BCUT2D eigenvalue weighted by Gasteiger charge is -2.19. The van der Waals surface area contributed by atoms with E-state index in [1.807, 2.05) is 0 Å². The summed E-state index contributed by atoms with van der Waals surface area (Å²) in [7, 11) is 0. The van der Waals surface area contributed by atoms with Gasteiger partial charge in [-0.2, -0.15) is 0 Å². The van der Waals surface area contributed by atoms with E-state index in [0.717, 1.165) is 0 Å². The maximum absolute atomic E-state index is 11.6. The van der Waals surface area contributed by atoms with Crippen molar-refractivity contribution in [3.8, 4) is 0 Å². The first-order valence-electron chi connectivity index (χ1n) is 5.12. The molecule has 15 heavy (non-hydrogen) atoms. The molecule has 0 aliphatic carbocycles. The third-order valence-corrected chi connectivity index (χ3v) is 2.90. The molecular formula is C11H17NO3. The second-order valence-corrected chi connectivity index (χ2v) is 4.26. The van der Waals surface area contributed by atoms with Gasteiger partial charge in [0.25, 0.3) is 0 Å². The Bertz CT molecular complexity index is 288. The third-order valence-electron chi connectivity index (χ3n) is 2.90. The average molecular weight is 211 g/mol. The summed E-state index contributed by atoms with van der Waals surface area (Å²) in [6.45, 7) is 6.13. The maximum Gasteiger partial charge on any atom is 0.311 e. The van der Waals surface area contributed by atoms with Gasteiger partial charge in [0, 0.05) is 19.5 Å². The Morgan fingerprint density at radius 1 is 1.60 bits per heavy atom. The number of carboxylic acids is 1. The zero-order valence-electron chi connectivity index (χ0n) is 9.03. The van der Waals surface area contributed by atoms with E-state index in [-0.39, 0.29) is 5.91 Å². The molecule has 1 aliphatic heterocycles. The van der Waals surface area contributed by atoms with Crippen LogP contribution in [0.25, 0.3) is 0 Å². The molecule has 1 fully saturated rings. The van der Waals surface area contributed by atoms with E-state index in [2.05, 4.69) is 6.58 Å². The molecule has 0 aromatic heterocycles. The number of hydrogen-bond acceptors (Lipinski definition) is 2. The van der Waals surface area contributed by atoms with Crippen LogP contribution >= 0.6 is 0 Å². The zero-order chi connectivity index (χ0) is 11.5. The van der Waals surface area contributed by atoms with Gasteiger partial charge in [-0.1, -0.05) is 6.08 Å². The molecular weight excluding hydrogens is 194 g/mol. The minimum atomic E-state index is -0.818. The van der Waals surface area contributed by atoms with E-state index >= 15 is 0 Å². The molecule has 4 nitrogen and oxygen atoms in total. The normalized spacial score (nSPS) is 25.3. The van der Waals surface area contributed by atoms with Crippen molar-refractivity contribution in [3.63, 3.8) is 0 Å². The zero-order valence-corrected chi connectivity index (χ0v) is 9.03. The second-order valence-electron chi connectivity index (χ2n) is 4.26. The van der Waals surface area contributed by atoms with E-state index < -0.39 is 11.4 Å². The monoisotopic (exact) mass is 211 g/mol. The van der Waals surface area contributed by atoms with Gasteiger partial charge in [-0.05, 0) is 19.8 Å². The molecule has 1 heterocycles. The van der Waals surface area contributed by atoms with Crippen LogP contribution in [0, 0.1) is 5.41 Å². The van der Waals surface area contributed by atoms with Gasteiger partial charge >= 0.3 is 5.97 Å². The van der Waals surface area contributed by atoms with Crippen LogP contribution in [0.2, 0.25) is 0 Å². The van der Waals surface area contributed by atoms with Crippen molar-refractivity contribution in [3.05, 3.63) is 12.7 Å². The smallest absolute Gasteiger partial charge is 0.311 e. The Hall–Kier alpha value is -1.32. The molecule has 1 atom stereocenters. The Balaban J connectivity index is 2.52. The van der Waals surface area contributed by atoms with Gasteiger partial charge in [-0.15, -0.1) is 6.58 Å². The van der Waals surface area contributed by atoms with Crippen molar-refractivity contribution in [1.29, 1.82) is 0 Å². The van der Waals surface area contributed by atoms with Gasteiger partial charge in [0.05, 0.1) is 5.41 Å². The Morgan fingerprint density at radius 2 is 2.27 bits per heavy atom. The van der Waals surface area contributed by atoms with Crippen molar-refractivity contribution >= 4 is 11.9 Å². The summed E-state index contributed by atoms with van der Waals surface area (Å²) in [6.07, 6.45) is 3.32. The van der Waals surface area contributed by atoms with Crippen LogP contribution in [-0.2, 0) is 9.59 Å². The average Bonchev–Trinajstić information content (AvgIpc) is 2.59. The molecule has 1 unspecified atom stereocenters. The van der Waals surface area contributed by atoms with Crippen molar-refractivity contribution < 1.29 is 14.7 Å². The number of rotatable bonds is 4. The fourth-order valence-electron chi connectivity index (χ4n) is 1.73. The van der Waals surface area contributed by atoms with Gasteiger partial charge in [0.2, 0.25) is 5.91 Å². The number of aliphatic carboxylic acids is 1. The summed E-state index contributed by atoms with van der Waals surface area (Å²) in [5.74, 6) is -0.790. The van der Waals surface area contributed by atoms with E-state index in [9.17, 15) is 9.59 Å². The van der Waals surface area contributed by atoms with Crippen LogP contribution in [0.1, 0.15) is 26.2 Å². The number of allylic oxidation sites excluding steroid dienone is 1. The molecule has 1 saturated heterocycles. The number of carbonyl (C=O) groups excluding carboxylic acids is 1. The van der Waals surface area contributed by atoms with Crippen LogP contribution < -0.4 is 0 Å². The molecule has 1 amide bonds. The molecule has 4 heteroatoms. The predicted octanol–water partition coefficient (Wildman–Crippen LogP) is 1.28. The summed E-state index contributed by atoms with van der Waals surface area (Å²) in [5.41, 5.74) is -0.760. The van der Waals surface area contributed by atoms with Crippen LogP contribution in [0.3, 0.4) is 0 Å². The molecule has 0 aromatic rings. The van der Waals surface area contributed by atoms with Crippen LogP contribution in [-0.4, -0.2) is 35.0 Å². The lowest BCUT2D eigenvalue weighted by Crippen LogP contribution is -2.34. The largest absolute Gasteiger partial charge is 0.481 e. The molecule has 1 N–H and O–H groups in total. The number of carbonyl (C=O) groups is 2. The Kier molecular flexibility index (Phi) is 3.50. The molecule has 1 rings (SSSR count). The molecule has 0 bridgehead atoms. The van der Waals surface area contributed by atoms with Crippen LogP contribution in [0.5, 0.6) is 0 Å². The highest BCUT2D eigenvalue weighted by atomic mass is 16.4. The molecule has 0 spiro atoms. The summed E-state index contributed by atoms with van der Waals surface area (Å²) in [4.78, 5) is 24.2. The van der Waals surface area contributed by atoms with Gasteiger partial charge in [0.1, 0.15) is 0 Å². The lowest BCUT2D eigenvalue weighted by atomic mass is 9.90. The summed E-state index contributed by atoms with van der Waals surface area (Å²) < 4.78 is 0. The predicted molar refractivity (Wildman–Crippen MR) is 56.4 cm³/mol. The van der Waals surface area contributed by atoms with Gasteiger partial charge < -0.3 is 10.0 Å². The highest BCUT2D eigenvalue weighted by Gasteiger charge is 2.41. The van der Waals surface area contributed by atoms with Gasteiger partial charge in [0.15, 0.2) is 0 Å². The molecule has 0 radical (unpaired) electrons. The van der Waals surface area contributed by atoms with E-state index in [4.69, 9.17) is 5.11 Å². The SMILES string of the molecule is C=CCCC(=O)N1CCC(C)(C(=O)O)C1. The van der Waals surface area contributed by atoms with Crippen molar-refractivity contribution in [2.45, 2.75) is 26.2 Å². The number of nitrogens with zero attached hydrogens (tertiary/aromatic N) is 1. The minimum absolute atomic E-state index is 0.0277. The summed E-state index contributed by atoms with van der Waals surface area (Å²) in [5, 5.41) is 8.99. The fourth-order valence-corrected chi connectivity index (χ4v) is 1.73. The number of carboxylic acid groups (broad SMARTS) is 1. The van der Waals surface area contributed by atoms with Crippen molar-refractivity contribution in [2.24, 2.45) is 5.41 Å². The highest BCUT2D eigenvalue weighted by Crippen LogP contribution is 2.30. The number of likely N-dealkylation sites (tertiary alicyclic amines) is 1. The van der Waals surface area contributed by atoms with Crippen molar-refractivity contribution in [1.82, 2.24) is 4.90 Å². The minimum Gasteiger partial charge on any atom is -0.481 e. The number of amides is 1. The van der Waals surface area contributed by atoms with Gasteiger partial charge in [-0.25, -0.2) is 0 Å². The first-order valence-corrected chi connectivity index (χ1v) is 5.12. The lowest BCUT2D eigenvalue weighted by molar-refractivity contribution is -0.147. The molecule has 1 aliphatic rings.